The van der Waals surface area contributed by atoms with E-state index in [9.17, 15) is 0 Å². The van der Waals surface area contributed by atoms with Gasteiger partial charge in [-0.25, -0.2) is 4.98 Å². The first-order valence-electron chi connectivity index (χ1n) is 6.09. The summed E-state index contributed by atoms with van der Waals surface area (Å²) in [4.78, 5) is 4.29. The number of halogens is 2. The van der Waals surface area contributed by atoms with Crippen molar-refractivity contribution in [2.24, 2.45) is 0 Å². The lowest BCUT2D eigenvalue weighted by molar-refractivity contribution is 0.324. The minimum absolute atomic E-state index is 0. The van der Waals surface area contributed by atoms with Crippen LogP contribution in [-0.2, 0) is 5.54 Å². The molecule has 2 bridgehead atoms. The van der Waals surface area contributed by atoms with Crippen molar-refractivity contribution in [3.05, 3.63) is 29.1 Å². The van der Waals surface area contributed by atoms with Crippen molar-refractivity contribution in [3.8, 4) is 0 Å². The molecule has 1 N–H and O–H groups in total. The fraction of sp³-hybridized carbons (Fsp3) is 0.462. The fourth-order valence-electron chi connectivity index (χ4n) is 3.24. The van der Waals surface area contributed by atoms with Crippen molar-refractivity contribution in [1.82, 2.24) is 10.3 Å². The molecule has 0 radical (unpaired) electrons. The number of rotatable bonds is 1. The van der Waals surface area contributed by atoms with E-state index in [4.69, 9.17) is 16.0 Å². The van der Waals surface area contributed by atoms with Gasteiger partial charge in [-0.05, 0) is 37.8 Å². The summed E-state index contributed by atoms with van der Waals surface area (Å²) >= 11 is 5.90. The molecule has 18 heavy (non-hydrogen) atoms. The predicted octanol–water partition coefficient (Wildman–Crippen LogP) is 3.64. The molecular weight excluding hydrogens is 271 g/mol. The maximum absolute atomic E-state index is 5.94. The number of hydrogen-bond acceptors (Lipinski definition) is 3. The average molecular weight is 285 g/mol. The molecule has 2 aliphatic heterocycles. The average Bonchev–Trinajstić information content (AvgIpc) is 3.01. The normalized spacial score (nSPS) is 29.7. The lowest BCUT2D eigenvalue weighted by Gasteiger charge is -2.22. The maximum Gasteiger partial charge on any atom is 0.152 e. The van der Waals surface area contributed by atoms with Gasteiger partial charge in [-0.2, -0.15) is 0 Å². The zero-order chi connectivity index (χ0) is 11.5. The molecule has 2 saturated heterocycles. The lowest BCUT2D eigenvalue weighted by atomic mass is 9.86. The summed E-state index contributed by atoms with van der Waals surface area (Å²) in [5.74, 6) is 1.03. The van der Waals surface area contributed by atoms with Crippen LogP contribution in [0.4, 0.5) is 0 Å². The van der Waals surface area contributed by atoms with Gasteiger partial charge < -0.3 is 9.73 Å². The van der Waals surface area contributed by atoms with Gasteiger partial charge in [0.2, 0.25) is 0 Å². The van der Waals surface area contributed by atoms with Crippen molar-refractivity contribution in [2.45, 2.75) is 37.3 Å². The van der Waals surface area contributed by atoms with Crippen LogP contribution in [0.25, 0.3) is 11.1 Å². The molecule has 2 aromatic heterocycles. The number of nitrogens with zero attached hydrogens (tertiary/aromatic N) is 1. The molecule has 4 rings (SSSR count). The Morgan fingerprint density at radius 2 is 2.11 bits per heavy atom. The van der Waals surface area contributed by atoms with E-state index in [1.165, 1.54) is 25.7 Å². The SMILES string of the molecule is Cl.Clc1ccc2oc(C34CCC(CC3)N4)cc2n1. The van der Waals surface area contributed by atoms with Gasteiger partial charge in [0.05, 0.1) is 5.54 Å². The molecule has 0 unspecified atom stereocenters. The number of fused-ring (bicyclic) bond motifs is 3. The predicted molar refractivity (Wildman–Crippen MR) is 73.3 cm³/mol. The minimum atomic E-state index is 0. The van der Waals surface area contributed by atoms with E-state index in [1.54, 1.807) is 6.07 Å². The second-order valence-corrected chi connectivity index (χ2v) is 5.52. The van der Waals surface area contributed by atoms with Crippen LogP contribution in [-0.4, -0.2) is 11.0 Å². The first-order chi connectivity index (χ1) is 8.25. The third-order valence-corrected chi connectivity index (χ3v) is 4.34. The van der Waals surface area contributed by atoms with E-state index in [2.05, 4.69) is 10.3 Å². The molecule has 96 valence electrons. The molecule has 4 heterocycles. The highest BCUT2D eigenvalue weighted by Crippen LogP contribution is 2.46. The Bertz CT molecular complexity index is 588. The molecule has 2 aliphatic rings. The van der Waals surface area contributed by atoms with E-state index < -0.39 is 0 Å². The van der Waals surface area contributed by atoms with Crippen LogP contribution in [0.3, 0.4) is 0 Å². The van der Waals surface area contributed by atoms with Gasteiger partial charge in [0.1, 0.15) is 16.4 Å². The summed E-state index contributed by atoms with van der Waals surface area (Å²) < 4.78 is 5.94. The summed E-state index contributed by atoms with van der Waals surface area (Å²) in [6.45, 7) is 0. The van der Waals surface area contributed by atoms with Gasteiger partial charge in [0, 0.05) is 12.1 Å². The second kappa shape index (κ2) is 4.12. The Kier molecular flexibility index (Phi) is 2.81. The summed E-state index contributed by atoms with van der Waals surface area (Å²) in [5, 5.41) is 4.20. The van der Waals surface area contributed by atoms with Crippen molar-refractivity contribution in [1.29, 1.82) is 0 Å². The van der Waals surface area contributed by atoms with E-state index >= 15 is 0 Å². The Hall–Kier alpha value is -0.770. The lowest BCUT2D eigenvalue weighted by Crippen LogP contribution is -2.32. The molecular formula is C13H14Cl2N2O. The van der Waals surface area contributed by atoms with Gasteiger partial charge in [-0.3, -0.25) is 0 Å². The van der Waals surface area contributed by atoms with Crippen molar-refractivity contribution >= 4 is 35.1 Å². The van der Waals surface area contributed by atoms with E-state index in [0.717, 1.165) is 16.9 Å². The van der Waals surface area contributed by atoms with Crippen LogP contribution >= 0.6 is 24.0 Å². The molecule has 0 amide bonds. The fourth-order valence-corrected chi connectivity index (χ4v) is 3.40. The van der Waals surface area contributed by atoms with Crippen molar-refractivity contribution < 1.29 is 4.42 Å². The summed E-state index contributed by atoms with van der Waals surface area (Å²) in [5.41, 5.74) is 1.76. The van der Waals surface area contributed by atoms with E-state index in [0.29, 0.717) is 11.2 Å². The molecule has 0 spiro atoms. The van der Waals surface area contributed by atoms with Gasteiger partial charge >= 0.3 is 0 Å². The van der Waals surface area contributed by atoms with Crippen LogP contribution in [0.5, 0.6) is 0 Å². The zero-order valence-corrected chi connectivity index (χ0v) is 11.4. The number of hydrogen-bond donors (Lipinski definition) is 1. The highest BCUT2D eigenvalue weighted by atomic mass is 35.5. The molecule has 5 heteroatoms. The molecule has 2 fully saturated rings. The van der Waals surface area contributed by atoms with E-state index in [1.807, 2.05) is 12.1 Å². The van der Waals surface area contributed by atoms with E-state index in [-0.39, 0.29) is 17.9 Å². The summed E-state index contributed by atoms with van der Waals surface area (Å²) in [6, 6.07) is 6.39. The summed E-state index contributed by atoms with van der Waals surface area (Å²) in [7, 11) is 0. The van der Waals surface area contributed by atoms with Crippen LogP contribution < -0.4 is 5.32 Å². The van der Waals surface area contributed by atoms with Crippen LogP contribution in [0, 0.1) is 0 Å². The van der Waals surface area contributed by atoms with Gasteiger partial charge in [-0.15, -0.1) is 12.4 Å². The third-order valence-electron chi connectivity index (χ3n) is 4.13. The molecule has 0 aromatic carbocycles. The van der Waals surface area contributed by atoms with Crippen LogP contribution in [0.2, 0.25) is 5.15 Å². The molecule has 0 saturated carbocycles. The highest BCUT2D eigenvalue weighted by Gasteiger charge is 2.47. The quantitative estimate of drug-likeness (QED) is 0.813. The highest BCUT2D eigenvalue weighted by molar-refractivity contribution is 6.29. The summed E-state index contributed by atoms with van der Waals surface area (Å²) in [6.07, 6.45) is 4.85. The van der Waals surface area contributed by atoms with Crippen molar-refractivity contribution in [2.75, 3.05) is 0 Å². The van der Waals surface area contributed by atoms with Gasteiger partial charge in [0.25, 0.3) is 0 Å². The Morgan fingerprint density at radius 1 is 1.33 bits per heavy atom. The number of aromatic nitrogens is 1. The first-order valence-corrected chi connectivity index (χ1v) is 6.47. The smallest absolute Gasteiger partial charge is 0.152 e. The number of nitrogens with one attached hydrogen (secondary N) is 1. The van der Waals surface area contributed by atoms with Gasteiger partial charge in [0.15, 0.2) is 5.58 Å². The van der Waals surface area contributed by atoms with Crippen molar-refractivity contribution in [3.63, 3.8) is 0 Å². The Balaban J connectivity index is 0.000001000. The number of furan rings is 1. The zero-order valence-electron chi connectivity index (χ0n) is 9.78. The topological polar surface area (TPSA) is 38.1 Å². The van der Waals surface area contributed by atoms with Crippen LogP contribution in [0.15, 0.2) is 22.6 Å². The third kappa shape index (κ3) is 1.65. The standard InChI is InChI=1S/C13H13ClN2O.ClH/c14-12-2-1-10-9(15-12)7-11(17-10)13-5-3-8(16-13)4-6-13;/h1-2,7-8,16H,3-6H2;1H. The second-order valence-electron chi connectivity index (χ2n) is 5.13. The minimum Gasteiger partial charge on any atom is -0.457 e. The van der Waals surface area contributed by atoms with Gasteiger partial charge in [-0.1, -0.05) is 11.6 Å². The number of pyridine rings is 1. The molecule has 0 aliphatic carbocycles. The Labute approximate surface area is 116 Å². The largest absolute Gasteiger partial charge is 0.457 e. The van der Waals surface area contributed by atoms with Crippen LogP contribution in [0.1, 0.15) is 31.4 Å². The molecule has 2 aromatic rings. The monoisotopic (exact) mass is 284 g/mol. The maximum atomic E-state index is 5.94. The molecule has 3 nitrogen and oxygen atoms in total. The Morgan fingerprint density at radius 3 is 2.78 bits per heavy atom. The first kappa shape index (κ1) is 12.3. The molecule has 0 atom stereocenters.